The average molecular weight is 531 g/mol. The van der Waals surface area contributed by atoms with Gasteiger partial charge in [-0.3, -0.25) is 9.09 Å². The van der Waals surface area contributed by atoms with Crippen LogP contribution in [0.2, 0.25) is 0 Å². The third-order valence-electron chi connectivity index (χ3n) is 5.93. The normalized spacial score (nSPS) is 24.8. The number of nitrogen functional groups attached to an aromatic ring is 1. The van der Waals surface area contributed by atoms with Gasteiger partial charge in [-0.05, 0) is 25.8 Å². The molecule has 0 bridgehead atoms. The zero-order valence-electron chi connectivity index (χ0n) is 20.8. The van der Waals surface area contributed by atoms with Crippen molar-refractivity contribution in [2.24, 2.45) is 0 Å². The highest BCUT2D eigenvalue weighted by molar-refractivity contribution is 7.50. The van der Waals surface area contributed by atoms with Gasteiger partial charge in [-0.1, -0.05) is 26.7 Å². The van der Waals surface area contributed by atoms with E-state index >= 15 is 0 Å². The summed E-state index contributed by atoms with van der Waals surface area (Å²) in [5.41, 5.74) is 4.83. The minimum Gasteiger partial charge on any atom is -0.423 e. The van der Waals surface area contributed by atoms with E-state index in [0.717, 1.165) is 30.3 Å². The summed E-state index contributed by atoms with van der Waals surface area (Å²) in [6.07, 6.45) is 0.799. The molecule has 2 aromatic heterocycles. The SMILES string of the molecule is CCCC(CCC)c1nnc(C(C)NP(=O)(O)OC[C@H]2O[C@@H](n3ccc(N)nc3=O)C(OC)C2O)o1. The highest BCUT2D eigenvalue weighted by Gasteiger charge is 2.46. The molecule has 1 saturated heterocycles. The summed E-state index contributed by atoms with van der Waals surface area (Å²) in [4.78, 5) is 26.2. The smallest absolute Gasteiger partial charge is 0.403 e. The lowest BCUT2D eigenvalue weighted by atomic mass is 9.98. The lowest BCUT2D eigenvalue weighted by Gasteiger charge is -2.20. The molecule has 4 unspecified atom stereocenters. The number of nitrogens with two attached hydrogens (primary N) is 1. The topological polar surface area (TPSA) is 197 Å². The van der Waals surface area contributed by atoms with E-state index in [4.69, 9.17) is 24.1 Å². The summed E-state index contributed by atoms with van der Waals surface area (Å²) in [5.74, 6) is 0.830. The number of rotatable bonds is 13. The van der Waals surface area contributed by atoms with Gasteiger partial charge in [-0.2, -0.15) is 4.98 Å². The molecule has 0 spiro atoms. The fraction of sp³-hybridized carbons (Fsp3) is 0.714. The van der Waals surface area contributed by atoms with Gasteiger partial charge < -0.3 is 29.6 Å². The van der Waals surface area contributed by atoms with Crippen LogP contribution in [0.1, 0.15) is 76.4 Å². The Morgan fingerprint density at radius 1 is 1.28 bits per heavy atom. The lowest BCUT2D eigenvalue weighted by molar-refractivity contribution is -0.0610. The van der Waals surface area contributed by atoms with Gasteiger partial charge in [0.1, 0.15) is 24.1 Å². The summed E-state index contributed by atoms with van der Waals surface area (Å²) in [7, 11) is -3.04. The first kappa shape index (κ1) is 28.4. The number of nitrogens with one attached hydrogen (secondary N) is 1. The molecule has 1 aliphatic heterocycles. The monoisotopic (exact) mass is 530 g/mol. The number of aromatic nitrogens is 4. The van der Waals surface area contributed by atoms with Crippen LogP contribution in [0.5, 0.6) is 0 Å². The van der Waals surface area contributed by atoms with Crippen LogP contribution in [0.3, 0.4) is 0 Å². The maximum absolute atomic E-state index is 12.7. The summed E-state index contributed by atoms with van der Waals surface area (Å²) in [6, 6.07) is 0.621. The van der Waals surface area contributed by atoms with Gasteiger partial charge in [0.05, 0.1) is 12.6 Å². The number of hydrogen-bond acceptors (Lipinski definition) is 11. The molecule has 0 radical (unpaired) electrons. The Morgan fingerprint density at radius 2 is 1.94 bits per heavy atom. The third-order valence-corrected chi connectivity index (χ3v) is 7.14. The number of nitrogens with zero attached hydrogens (tertiary/aromatic N) is 4. The maximum Gasteiger partial charge on any atom is 0.403 e. The van der Waals surface area contributed by atoms with Gasteiger partial charge in [0, 0.05) is 19.2 Å². The van der Waals surface area contributed by atoms with E-state index in [1.54, 1.807) is 6.92 Å². The first-order valence-electron chi connectivity index (χ1n) is 11.9. The Kier molecular flexibility index (Phi) is 9.75. The van der Waals surface area contributed by atoms with E-state index in [9.17, 15) is 19.4 Å². The van der Waals surface area contributed by atoms with Gasteiger partial charge in [0.25, 0.3) is 0 Å². The number of hydrogen-bond donors (Lipinski definition) is 4. The van der Waals surface area contributed by atoms with Crippen LogP contribution >= 0.6 is 7.75 Å². The zero-order valence-corrected chi connectivity index (χ0v) is 21.7. The number of aliphatic hydroxyl groups excluding tert-OH is 1. The number of ether oxygens (including phenoxy) is 2. The Morgan fingerprint density at radius 3 is 2.56 bits per heavy atom. The molecule has 0 saturated carbocycles. The lowest BCUT2D eigenvalue weighted by Crippen LogP contribution is -2.37. The largest absolute Gasteiger partial charge is 0.423 e. The van der Waals surface area contributed by atoms with Crippen LogP contribution in [-0.2, 0) is 18.6 Å². The third kappa shape index (κ3) is 6.76. The van der Waals surface area contributed by atoms with Gasteiger partial charge in [0.15, 0.2) is 6.23 Å². The van der Waals surface area contributed by atoms with Crippen molar-refractivity contribution in [3.8, 4) is 0 Å². The summed E-state index contributed by atoms with van der Waals surface area (Å²) in [6.45, 7) is 5.29. The second-order valence-corrected chi connectivity index (χ2v) is 10.3. The molecule has 202 valence electrons. The quantitative estimate of drug-likeness (QED) is 0.273. The van der Waals surface area contributed by atoms with E-state index in [-0.39, 0.29) is 17.6 Å². The molecule has 1 aliphatic rings. The predicted molar refractivity (Wildman–Crippen MR) is 128 cm³/mol. The maximum atomic E-state index is 12.7. The first-order valence-corrected chi connectivity index (χ1v) is 13.5. The van der Waals surface area contributed by atoms with Gasteiger partial charge in [-0.15, -0.1) is 10.2 Å². The van der Waals surface area contributed by atoms with Crippen molar-refractivity contribution in [2.75, 3.05) is 19.5 Å². The van der Waals surface area contributed by atoms with E-state index in [2.05, 4.69) is 34.1 Å². The fourth-order valence-corrected chi connectivity index (χ4v) is 5.16. The molecule has 0 aliphatic carbocycles. The Labute approximate surface area is 208 Å². The number of aliphatic hydroxyl groups is 1. The summed E-state index contributed by atoms with van der Waals surface area (Å²) < 4.78 is 35.8. The first-order chi connectivity index (χ1) is 17.1. The van der Waals surface area contributed by atoms with Crippen molar-refractivity contribution < 1.29 is 33.0 Å². The molecule has 0 amide bonds. The molecule has 1 fully saturated rings. The molecular formula is C21H35N6O8P. The van der Waals surface area contributed by atoms with Crippen LogP contribution < -0.4 is 16.5 Å². The number of anilines is 1. The summed E-state index contributed by atoms with van der Waals surface area (Å²) in [5, 5.41) is 21.2. The molecule has 15 heteroatoms. The Bertz CT molecular complexity index is 1090. The fourth-order valence-electron chi connectivity index (χ4n) is 4.14. The molecular weight excluding hydrogens is 495 g/mol. The standard InChI is InChI=1S/C21H35N6O8P/c1-5-7-13(8-6-2)19-25-24-18(35-19)12(3)26-36(30,31)33-11-14-16(28)17(32-4)20(34-14)27-10-9-15(22)23-21(27)29/h9-10,12-14,16-17,20,28H,5-8,11H2,1-4H3,(H2,22,23,29)(H2,26,30,31)/t12?,14-,16?,17?,20-/m1/s1. The van der Waals surface area contributed by atoms with Gasteiger partial charge >= 0.3 is 13.4 Å². The van der Waals surface area contributed by atoms with Gasteiger partial charge in [0.2, 0.25) is 11.8 Å². The van der Waals surface area contributed by atoms with Crippen LogP contribution in [0.15, 0.2) is 21.5 Å². The van der Waals surface area contributed by atoms with Crippen LogP contribution in [0.4, 0.5) is 5.82 Å². The highest BCUT2D eigenvalue weighted by Crippen LogP contribution is 2.42. The molecule has 0 aromatic carbocycles. The van der Waals surface area contributed by atoms with Crippen molar-refractivity contribution in [2.45, 2.75) is 83.0 Å². The van der Waals surface area contributed by atoms with Crippen LogP contribution in [0.25, 0.3) is 0 Å². The average Bonchev–Trinajstić information content (AvgIpc) is 3.42. The van der Waals surface area contributed by atoms with Crippen LogP contribution in [0, 0.1) is 0 Å². The molecule has 3 rings (SSSR count). The van der Waals surface area contributed by atoms with Gasteiger partial charge in [-0.25, -0.2) is 14.4 Å². The minimum absolute atomic E-state index is 0.0321. The van der Waals surface area contributed by atoms with E-state index in [0.29, 0.717) is 5.89 Å². The minimum atomic E-state index is -4.38. The molecule has 5 N–H and O–H groups in total. The van der Waals surface area contributed by atoms with E-state index < -0.39 is 50.6 Å². The van der Waals surface area contributed by atoms with Crippen molar-refractivity contribution in [1.82, 2.24) is 24.8 Å². The molecule has 2 aromatic rings. The van der Waals surface area contributed by atoms with E-state index in [1.165, 1.54) is 19.4 Å². The van der Waals surface area contributed by atoms with Crippen molar-refractivity contribution in [3.63, 3.8) is 0 Å². The second kappa shape index (κ2) is 12.4. The second-order valence-electron chi connectivity index (χ2n) is 8.72. The van der Waals surface area contributed by atoms with Crippen molar-refractivity contribution >= 4 is 13.6 Å². The van der Waals surface area contributed by atoms with E-state index in [1.807, 2.05) is 0 Å². The molecule has 36 heavy (non-hydrogen) atoms. The zero-order chi connectivity index (χ0) is 26.5. The molecule has 14 nitrogen and oxygen atoms in total. The molecule has 3 heterocycles. The Hall–Kier alpha value is -2.19. The summed E-state index contributed by atoms with van der Waals surface area (Å²) >= 11 is 0. The predicted octanol–water partition coefficient (Wildman–Crippen LogP) is 1.63. The van der Waals surface area contributed by atoms with Crippen molar-refractivity contribution in [3.05, 3.63) is 34.5 Å². The van der Waals surface area contributed by atoms with Crippen molar-refractivity contribution in [1.29, 1.82) is 0 Å². The molecule has 6 atom stereocenters. The Balaban J connectivity index is 1.62. The number of methoxy groups -OCH3 is 1. The van der Waals surface area contributed by atoms with Crippen LogP contribution in [-0.4, -0.2) is 61.8 Å². The highest BCUT2D eigenvalue weighted by atomic mass is 31.2.